The zero-order valence-corrected chi connectivity index (χ0v) is 17.8. The Bertz CT molecular complexity index is 1260. The number of benzene rings is 1. The molecule has 4 heterocycles. The molecule has 5 rings (SSSR count). The summed E-state index contributed by atoms with van der Waals surface area (Å²) >= 11 is 0. The van der Waals surface area contributed by atoms with Gasteiger partial charge < -0.3 is 19.7 Å². The number of methoxy groups -OCH3 is 1. The number of fused-ring (bicyclic) bond motifs is 1. The number of hydrogen-bond acceptors (Lipinski definition) is 8. The van der Waals surface area contributed by atoms with E-state index in [0.29, 0.717) is 60.4 Å². The lowest BCUT2D eigenvalue weighted by atomic mass is 10.3. The van der Waals surface area contributed by atoms with Crippen LogP contribution in [-0.4, -0.2) is 57.9 Å². The minimum absolute atomic E-state index is 0.0800. The van der Waals surface area contributed by atoms with Gasteiger partial charge in [0.25, 0.3) is 6.43 Å². The number of hydrogen-bond donors (Lipinski definition) is 1. The fourth-order valence-corrected chi connectivity index (χ4v) is 3.74. The number of nitrogens with one attached hydrogen (secondary N) is 1. The summed E-state index contributed by atoms with van der Waals surface area (Å²) in [5.74, 6) is 1.06. The van der Waals surface area contributed by atoms with Crippen LogP contribution in [0, 0.1) is 0 Å². The Kier molecular flexibility index (Phi) is 5.69. The summed E-state index contributed by atoms with van der Waals surface area (Å²) in [6, 6.07) is 10.5. The number of anilines is 3. The van der Waals surface area contributed by atoms with E-state index in [1.54, 1.807) is 42.7 Å². The standard InChI is InChI=1S/C22H21F2N7O2/c1-32-16-6-2-5-15-19(16)29-21(20(23)24)31(15)22-27-17(26-14-4-3-7-25-13-14)12-18(28-22)30-8-10-33-11-9-30/h2-7,12-13,20H,8-11H2,1H3,(H,26,27,28). The number of morpholine rings is 1. The van der Waals surface area contributed by atoms with Gasteiger partial charge >= 0.3 is 0 Å². The average Bonchev–Trinajstić information content (AvgIpc) is 3.25. The lowest BCUT2D eigenvalue weighted by Gasteiger charge is -2.28. The Labute approximate surface area is 188 Å². The molecule has 1 aliphatic heterocycles. The van der Waals surface area contributed by atoms with E-state index in [4.69, 9.17) is 9.47 Å². The molecule has 33 heavy (non-hydrogen) atoms. The third-order valence-electron chi connectivity index (χ3n) is 5.26. The number of pyridine rings is 1. The number of para-hydroxylation sites is 1. The van der Waals surface area contributed by atoms with Gasteiger partial charge in [-0.2, -0.15) is 9.97 Å². The van der Waals surface area contributed by atoms with Crippen LogP contribution in [0.3, 0.4) is 0 Å². The quantitative estimate of drug-likeness (QED) is 0.472. The van der Waals surface area contributed by atoms with E-state index in [0.717, 1.165) is 0 Å². The van der Waals surface area contributed by atoms with Crippen molar-refractivity contribution in [2.75, 3.05) is 43.6 Å². The zero-order valence-electron chi connectivity index (χ0n) is 17.8. The van der Waals surface area contributed by atoms with E-state index in [-0.39, 0.29) is 5.95 Å². The van der Waals surface area contributed by atoms with Gasteiger partial charge in [-0.3, -0.25) is 9.55 Å². The van der Waals surface area contributed by atoms with Crippen molar-refractivity contribution in [2.45, 2.75) is 6.43 Å². The molecule has 3 aromatic heterocycles. The maximum Gasteiger partial charge on any atom is 0.296 e. The van der Waals surface area contributed by atoms with Crippen LogP contribution in [0.1, 0.15) is 12.2 Å². The number of rotatable bonds is 6. The molecular weight excluding hydrogens is 432 g/mol. The first kappa shape index (κ1) is 21.0. The summed E-state index contributed by atoms with van der Waals surface area (Å²) in [7, 11) is 1.47. The number of ether oxygens (including phenoxy) is 2. The molecule has 1 saturated heterocycles. The summed E-state index contributed by atoms with van der Waals surface area (Å²) in [4.78, 5) is 19.5. The smallest absolute Gasteiger partial charge is 0.296 e. The summed E-state index contributed by atoms with van der Waals surface area (Å²) in [5.41, 5.74) is 1.45. The van der Waals surface area contributed by atoms with Gasteiger partial charge in [0.2, 0.25) is 5.95 Å². The normalized spacial score (nSPS) is 14.1. The Hall–Kier alpha value is -3.86. The highest BCUT2D eigenvalue weighted by Gasteiger charge is 2.25. The van der Waals surface area contributed by atoms with E-state index in [2.05, 4.69) is 25.3 Å². The predicted molar refractivity (Wildman–Crippen MR) is 119 cm³/mol. The van der Waals surface area contributed by atoms with Crippen molar-refractivity contribution < 1.29 is 18.3 Å². The van der Waals surface area contributed by atoms with Gasteiger partial charge in [0.05, 0.1) is 37.7 Å². The van der Waals surface area contributed by atoms with Crippen LogP contribution in [0.4, 0.5) is 26.1 Å². The van der Waals surface area contributed by atoms with Crippen LogP contribution in [0.2, 0.25) is 0 Å². The lowest BCUT2D eigenvalue weighted by molar-refractivity contribution is 0.122. The number of nitrogens with zero attached hydrogens (tertiary/aromatic N) is 6. The van der Waals surface area contributed by atoms with E-state index in [1.807, 2.05) is 11.0 Å². The highest BCUT2D eigenvalue weighted by atomic mass is 19.3. The van der Waals surface area contributed by atoms with Gasteiger partial charge in [-0.05, 0) is 24.3 Å². The molecule has 1 fully saturated rings. The van der Waals surface area contributed by atoms with Crippen molar-refractivity contribution in [3.05, 3.63) is 54.6 Å². The maximum absolute atomic E-state index is 14.1. The third kappa shape index (κ3) is 4.14. The molecule has 11 heteroatoms. The molecule has 0 radical (unpaired) electrons. The maximum atomic E-state index is 14.1. The molecule has 0 unspecified atom stereocenters. The Morgan fingerprint density at radius 2 is 1.94 bits per heavy atom. The van der Waals surface area contributed by atoms with E-state index in [1.165, 1.54) is 11.7 Å². The molecule has 1 aliphatic rings. The van der Waals surface area contributed by atoms with Crippen molar-refractivity contribution in [2.24, 2.45) is 0 Å². The third-order valence-corrected chi connectivity index (χ3v) is 5.26. The molecule has 0 spiro atoms. The highest BCUT2D eigenvalue weighted by Crippen LogP contribution is 2.32. The molecule has 0 atom stereocenters. The van der Waals surface area contributed by atoms with Gasteiger partial charge in [-0.25, -0.2) is 13.8 Å². The van der Waals surface area contributed by atoms with Gasteiger partial charge in [-0.1, -0.05) is 6.07 Å². The van der Waals surface area contributed by atoms with Crippen molar-refractivity contribution in [1.82, 2.24) is 24.5 Å². The van der Waals surface area contributed by atoms with Crippen molar-refractivity contribution in [1.29, 1.82) is 0 Å². The fourth-order valence-electron chi connectivity index (χ4n) is 3.74. The monoisotopic (exact) mass is 453 g/mol. The van der Waals surface area contributed by atoms with Gasteiger partial charge in [0.15, 0.2) is 5.82 Å². The summed E-state index contributed by atoms with van der Waals surface area (Å²) in [6.45, 7) is 2.36. The largest absolute Gasteiger partial charge is 0.494 e. The second-order valence-electron chi connectivity index (χ2n) is 7.31. The van der Waals surface area contributed by atoms with Gasteiger partial charge in [-0.15, -0.1) is 0 Å². The number of imidazole rings is 1. The van der Waals surface area contributed by atoms with Crippen LogP contribution < -0.4 is 15.0 Å². The molecule has 1 N–H and O–H groups in total. The number of alkyl halides is 2. The zero-order chi connectivity index (χ0) is 22.8. The van der Waals surface area contributed by atoms with E-state index < -0.39 is 12.2 Å². The van der Waals surface area contributed by atoms with E-state index >= 15 is 0 Å². The first-order valence-corrected chi connectivity index (χ1v) is 10.4. The molecule has 0 saturated carbocycles. The second-order valence-corrected chi connectivity index (χ2v) is 7.31. The van der Waals surface area contributed by atoms with Crippen LogP contribution in [0.25, 0.3) is 17.0 Å². The highest BCUT2D eigenvalue weighted by molar-refractivity contribution is 5.84. The van der Waals surface area contributed by atoms with Crippen molar-refractivity contribution >= 4 is 28.4 Å². The Morgan fingerprint density at radius 1 is 1.09 bits per heavy atom. The van der Waals surface area contributed by atoms with E-state index in [9.17, 15) is 8.78 Å². The average molecular weight is 453 g/mol. The van der Waals surface area contributed by atoms with Crippen molar-refractivity contribution in [3.8, 4) is 11.7 Å². The van der Waals surface area contributed by atoms with Gasteiger partial charge in [0.1, 0.15) is 22.9 Å². The molecule has 4 aromatic rings. The Morgan fingerprint density at radius 3 is 2.67 bits per heavy atom. The molecule has 0 amide bonds. The van der Waals surface area contributed by atoms with Crippen molar-refractivity contribution in [3.63, 3.8) is 0 Å². The summed E-state index contributed by atoms with van der Waals surface area (Å²) in [5, 5.41) is 3.19. The predicted octanol–water partition coefficient (Wildman–Crippen LogP) is 3.74. The van der Waals surface area contributed by atoms with Crippen LogP contribution in [0.15, 0.2) is 48.8 Å². The molecule has 0 aliphatic carbocycles. The molecule has 1 aromatic carbocycles. The molecule has 0 bridgehead atoms. The SMILES string of the molecule is COc1cccc2c1nc(C(F)F)n2-c1nc(Nc2cccnc2)cc(N2CCOCC2)n1. The summed E-state index contributed by atoms with van der Waals surface area (Å²) in [6.07, 6.45) is 0.473. The van der Waals surface area contributed by atoms with Gasteiger partial charge in [0, 0.05) is 25.4 Å². The molecular formula is C22H21F2N7O2. The van der Waals surface area contributed by atoms with Crippen LogP contribution in [0.5, 0.6) is 5.75 Å². The summed E-state index contributed by atoms with van der Waals surface area (Å²) < 4.78 is 40.2. The number of aromatic nitrogens is 5. The fraction of sp³-hybridized carbons (Fsp3) is 0.273. The van der Waals surface area contributed by atoms with Crippen LogP contribution in [-0.2, 0) is 4.74 Å². The first-order chi connectivity index (χ1) is 16.1. The molecule has 170 valence electrons. The lowest BCUT2D eigenvalue weighted by Crippen LogP contribution is -2.37. The minimum atomic E-state index is -2.84. The minimum Gasteiger partial charge on any atom is -0.494 e. The number of halogens is 2. The van der Waals surface area contributed by atoms with Crippen LogP contribution >= 0.6 is 0 Å². The Balaban J connectivity index is 1.69. The topological polar surface area (TPSA) is 90.2 Å². The second kappa shape index (κ2) is 8.94. The first-order valence-electron chi connectivity index (χ1n) is 10.4. The molecule has 9 nitrogen and oxygen atoms in total.